The van der Waals surface area contributed by atoms with Crippen LogP contribution >= 0.6 is 23.2 Å². The van der Waals surface area contributed by atoms with Crippen LogP contribution in [0.3, 0.4) is 0 Å². The van der Waals surface area contributed by atoms with E-state index in [-0.39, 0.29) is 22.2 Å². The minimum atomic E-state index is -4.05. The smallest absolute Gasteiger partial charge is 0.337 e. The van der Waals surface area contributed by atoms with Crippen LogP contribution in [0.15, 0.2) is 17.0 Å². The molecule has 1 unspecified atom stereocenters. The van der Waals surface area contributed by atoms with Crippen molar-refractivity contribution < 1.29 is 26.7 Å². The minimum absolute atomic E-state index is 0.0357. The van der Waals surface area contributed by atoms with E-state index < -0.39 is 47.1 Å². The maximum absolute atomic E-state index is 12.4. The van der Waals surface area contributed by atoms with Gasteiger partial charge in [-0.1, -0.05) is 23.2 Å². The van der Waals surface area contributed by atoms with Crippen LogP contribution in [0.5, 0.6) is 0 Å². The van der Waals surface area contributed by atoms with Gasteiger partial charge in [-0.3, -0.25) is 0 Å². The SMILES string of the molecule is O=C(O)c1cc(S(=O)(=O)C2CCS(=O)(=O)C2)c(Cl)cc1Cl. The second kappa shape index (κ2) is 5.42. The molecule has 1 fully saturated rings. The maximum atomic E-state index is 12.4. The molecule has 10 heteroatoms. The van der Waals surface area contributed by atoms with E-state index in [2.05, 4.69) is 0 Å². The first-order valence-electron chi connectivity index (χ1n) is 5.71. The molecule has 0 radical (unpaired) electrons. The van der Waals surface area contributed by atoms with E-state index in [1.54, 1.807) is 0 Å². The lowest BCUT2D eigenvalue weighted by atomic mass is 10.2. The quantitative estimate of drug-likeness (QED) is 0.864. The molecule has 0 saturated carbocycles. The molecule has 1 heterocycles. The fourth-order valence-corrected chi connectivity index (χ4v) is 7.31. The Morgan fingerprint density at radius 2 is 1.86 bits per heavy atom. The van der Waals surface area contributed by atoms with E-state index in [0.717, 1.165) is 12.1 Å². The highest BCUT2D eigenvalue weighted by Crippen LogP contribution is 2.33. The number of benzene rings is 1. The molecule has 1 aromatic carbocycles. The first-order chi connectivity index (χ1) is 9.54. The number of hydrogen-bond donors (Lipinski definition) is 1. The largest absolute Gasteiger partial charge is 0.478 e. The number of sulfone groups is 2. The fourth-order valence-electron chi connectivity index (χ4n) is 2.10. The number of halogens is 2. The van der Waals surface area contributed by atoms with Crippen LogP contribution < -0.4 is 0 Å². The molecule has 1 N–H and O–H groups in total. The van der Waals surface area contributed by atoms with Crippen molar-refractivity contribution in [2.75, 3.05) is 11.5 Å². The van der Waals surface area contributed by atoms with E-state index in [0.29, 0.717) is 0 Å². The highest BCUT2D eigenvalue weighted by molar-refractivity contribution is 7.96. The van der Waals surface area contributed by atoms with Crippen LogP contribution in [0.1, 0.15) is 16.8 Å². The zero-order valence-corrected chi connectivity index (χ0v) is 13.6. The predicted molar refractivity (Wildman–Crippen MR) is 77.7 cm³/mol. The Bertz CT molecular complexity index is 813. The monoisotopic (exact) mass is 372 g/mol. The van der Waals surface area contributed by atoms with Gasteiger partial charge in [-0.05, 0) is 18.6 Å². The van der Waals surface area contributed by atoms with Crippen LogP contribution in [0.2, 0.25) is 10.0 Å². The normalized spacial score (nSPS) is 21.3. The lowest BCUT2D eigenvalue weighted by molar-refractivity contribution is 0.0697. The number of carbonyl (C=O) groups is 1. The number of rotatable bonds is 3. The maximum Gasteiger partial charge on any atom is 0.337 e. The third-order valence-corrected chi connectivity index (χ3v) is 8.14. The molecule has 1 aromatic rings. The minimum Gasteiger partial charge on any atom is -0.478 e. The molecule has 6 nitrogen and oxygen atoms in total. The fraction of sp³-hybridized carbons (Fsp3) is 0.364. The number of hydrogen-bond acceptors (Lipinski definition) is 5. The second-order valence-corrected chi connectivity index (χ2v) is 9.88. The van der Waals surface area contributed by atoms with Gasteiger partial charge in [-0.2, -0.15) is 0 Å². The zero-order valence-electron chi connectivity index (χ0n) is 10.4. The van der Waals surface area contributed by atoms with Crippen LogP contribution in [-0.2, 0) is 19.7 Å². The van der Waals surface area contributed by atoms with Gasteiger partial charge in [-0.25, -0.2) is 21.6 Å². The molecule has 1 aliphatic heterocycles. The average Bonchev–Trinajstić information content (AvgIpc) is 2.69. The molecule has 0 amide bonds. The molecule has 1 atom stereocenters. The Balaban J connectivity index is 2.55. The number of carboxylic acids is 1. The Labute approximate surface area is 131 Å². The van der Waals surface area contributed by atoms with Gasteiger partial charge < -0.3 is 5.11 Å². The van der Waals surface area contributed by atoms with Crippen LogP contribution in [0.4, 0.5) is 0 Å². The zero-order chi connectivity index (χ0) is 16.0. The summed E-state index contributed by atoms with van der Waals surface area (Å²) in [5.74, 6) is -2.10. The van der Waals surface area contributed by atoms with Gasteiger partial charge in [-0.15, -0.1) is 0 Å². The molecule has 2 rings (SSSR count). The summed E-state index contributed by atoms with van der Waals surface area (Å²) >= 11 is 11.5. The van der Waals surface area contributed by atoms with E-state index in [1.165, 1.54) is 0 Å². The van der Waals surface area contributed by atoms with Gasteiger partial charge in [0.25, 0.3) is 0 Å². The topological polar surface area (TPSA) is 106 Å². The van der Waals surface area contributed by atoms with E-state index >= 15 is 0 Å². The van der Waals surface area contributed by atoms with Gasteiger partial charge in [0, 0.05) is 0 Å². The van der Waals surface area contributed by atoms with Crippen molar-refractivity contribution in [1.82, 2.24) is 0 Å². The van der Waals surface area contributed by atoms with Crippen molar-refractivity contribution in [2.45, 2.75) is 16.6 Å². The Hall–Kier alpha value is -0.830. The van der Waals surface area contributed by atoms with Crippen molar-refractivity contribution in [3.8, 4) is 0 Å². The lowest BCUT2D eigenvalue weighted by Gasteiger charge is -2.13. The van der Waals surface area contributed by atoms with E-state index in [9.17, 15) is 21.6 Å². The average molecular weight is 373 g/mol. The second-order valence-electron chi connectivity index (χ2n) is 4.64. The van der Waals surface area contributed by atoms with Gasteiger partial charge >= 0.3 is 5.97 Å². The first kappa shape index (κ1) is 16.5. The number of aromatic carboxylic acids is 1. The van der Waals surface area contributed by atoms with E-state index in [4.69, 9.17) is 28.3 Å². The third kappa shape index (κ3) is 3.18. The van der Waals surface area contributed by atoms with Crippen molar-refractivity contribution in [3.63, 3.8) is 0 Å². The Morgan fingerprint density at radius 3 is 2.33 bits per heavy atom. The molecule has 1 aliphatic rings. The summed E-state index contributed by atoms with van der Waals surface area (Å²) in [5.41, 5.74) is -0.402. The summed E-state index contributed by atoms with van der Waals surface area (Å²) < 4.78 is 47.7. The van der Waals surface area contributed by atoms with Gasteiger partial charge in [0.05, 0.1) is 37.3 Å². The third-order valence-electron chi connectivity index (χ3n) is 3.19. The molecule has 0 spiro atoms. The van der Waals surface area contributed by atoms with Crippen molar-refractivity contribution in [1.29, 1.82) is 0 Å². The van der Waals surface area contributed by atoms with E-state index in [1.807, 2.05) is 0 Å². The first-order valence-corrected chi connectivity index (χ1v) is 9.83. The summed E-state index contributed by atoms with van der Waals surface area (Å²) in [6.45, 7) is 0. The highest BCUT2D eigenvalue weighted by atomic mass is 35.5. The van der Waals surface area contributed by atoms with Crippen molar-refractivity contribution in [2.24, 2.45) is 0 Å². The summed E-state index contributed by atoms with van der Waals surface area (Å²) in [6.07, 6.45) is -0.0357. The molecular weight excluding hydrogens is 363 g/mol. The van der Waals surface area contributed by atoms with Gasteiger partial charge in [0.15, 0.2) is 19.7 Å². The molecule has 0 aliphatic carbocycles. The Morgan fingerprint density at radius 1 is 1.24 bits per heavy atom. The summed E-state index contributed by atoms with van der Waals surface area (Å²) in [7, 11) is -7.44. The predicted octanol–water partition coefficient (Wildman–Crippen LogP) is 1.65. The molecule has 21 heavy (non-hydrogen) atoms. The molecule has 116 valence electrons. The van der Waals surface area contributed by atoms with Gasteiger partial charge in [0.1, 0.15) is 0 Å². The van der Waals surface area contributed by atoms with Crippen LogP contribution in [-0.4, -0.2) is 44.7 Å². The molecule has 1 saturated heterocycles. The highest BCUT2D eigenvalue weighted by Gasteiger charge is 2.39. The Kier molecular flexibility index (Phi) is 4.27. The van der Waals surface area contributed by atoms with Crippen LogP contribution in [0, 0.1) is 0 Å². The molecular formula is C11H10Cl2O6S2. The summed E-state index contributed by atoms with van der Waals surface area (Å²) in [6, 6.07) is 1.90. The summed E-state index contributed by atoms with van der Waals surface area (Å²) in [5, 5.41) is 7.44. The van der Waals surface area contributed by atoms with Gasteiger partial charge in [0.2, 0.25) is 0 Å². The molecule has 0 aromatic heterocycles. The van der Waals surface area contributed by atoms with Crippen molar-refractivity contribution in [3.05, 3.63) is 27.7 Å². The van der Waals surface area contributed by atoms with Crippen molar-refractivity contribution >= 4 is 48.8 Å². The lowest BCUT2D eigenvalue weighted by Crippen LogP contribution is -2.23. The van der Waals surface area contributed by atoms with Crippen LogP contribution in [0.25, 0.3) is 0 Å². The molecule has 0 bridgehead atoms. The number of carboxylic acid groups (broad SMARTS) is 1. The standard InChI is InChI=1S/C11H10Cl2O6S2/c12-8-4-9(13)10(3-7(8)11(14)15)21(18,19)6-1-2-20(16,17)5-6/h3-4,6H,1-2,5H2,(H,14,15). The summed E-state index contributed by atoms with van der Waals surface area (Å²) in [4.78, 5) is 10.6.